The lowest BCUT2D eigenvalue weighted by Gasteiger charge is -2.07. The number of hydrogen-bond donors (Lipinski definition) is 1. The van der Waals surface area contributed by atoms with Crippen LogP contribution in [0.25, 0.3) is 11.3 Å². The first-order valence-electron chi connectivity index (χ1n) is 7.83. The van der Waals surface area contributed by atoms with Crippen molar-refractivity contribution in [3.05, 3.63) is 58.8 Å². The van der Waals surface area contributed by atoms with E-state index in [-0.39, 0.29) is 17.9 Å². The number of pyridine rings is 1. The molecule has 3 aromatic heterocycles. The molecular weight excluding hydrogens is 322 g/mol. The highest BCUT2D eigenvalue weighted by molar-refractivity contribution is 5.89. The fourth-order valence-corrected chi connectivity index (χ4v) is 2.31. The predicted octanol–water partition coefficient (Wildman–Crippen LogP) is 2.02. The van der Waals surface area contributed by atoms with Crippen LogP contribution in [0, 0.1) is 6.92 Å². The second kappa shape index (κ2) is 7.52. The molecule has 0 bridgehead atoms. The van der Waals surface area contributed by atoms with E-state index >= 15 is 0 Å². The van der Waals surface area contributed by atoms with Crippen LogP contribution in [-0.2, 0) is 11.3 Å². The van der Waals surface area contributed by atoms with Crippen LogP contribution in [0.1, 0.15) is 18.6 Å². The number of nitrogens with one attached hydrogen (secondary N) is 1. The van der Waals surface area contributed by atoms with Crippen molar-refractivity contribution in [3.63, 3.8) is 0 Å². The lowest BCUT2D eigenvalue weighted by Crippen LogP contribution is -2.23. The molecule has 0 aliphatic heterocycles. The van der Waals surface area contributed by atoms with Gasteiger partial charge in [0.15, 0.2) is 5.82 Å². The Morgan fingerprint density at radius 2 is 2.04 bits per heavy atom. The summed E-state index contributed by atoms with van der Waals surface area (Å²) in [5.74, 6) is 0.822. The molecule has 3 rings (SSSR count). The van der Waals surface area contributed by atoms with Gasteiger partial charge in [-0.3, -0.25) is 14.6 Å². The van der Waals surface area contributed by atoms with Crippen LogP contribution in [0.4, 0.5) is 5.82 Å². The number of carbonyl (C=O) groups excluding carboxylic acids is 1. The van der Waals surface area contributed by atoms with E-state index < -0.39 is 0 Å². The predicted molar refractivity (Wildman–Crippen MR) is 90.8 cm³/mol. The minimum atomic E-state index is -0.203. The number of rotatable bonds is 6. The number of nitrogens with zero attached hydrogens (tertiary/aromatic N) is 4. The molecule has 0 aromatic carbocycles. The topological polar surface area (TPSA) is 103 Å². The lowest BCUT2D eigenvalue weighted by atomic mass is 10.2. The summed E-state index contributed by atoms with van der Waals surface area (Å²) in [5, 5.41) is 10.7. The molecule has 8 heteroatoms. The molecule has 0 atom stereocenters. The first kappa shape index (κ1) is 16.6. The summed E-state index contributed by atoms with van der Waals surface area (Å²) in [7, 11) is 0. The highest BCUT2D eigenvalue weighted by atomic mass is 16.5. The fourth-order valence-electron chi connectivity index (χ4n) is 2.31. The third kappa shape index (κ3) is 4.37. The summed E-state index contributed by atoms with van der Waals surface area (Å²) in [6.07, 6.45) is 4.07. The van der Waals surface area contributed by atoms with E-state index in [0.29, 0.717) is 30.2 Å². The standard InChI is InChI=1S/C17H17N5O3/c1-12-11-15(21-25-12)19-16(23)3-2-10-22-17(24)5-4-14(20-22)13-6-8-18-9-7-13/h4-9,11H,2-3,10H2,1H3,(H,19,21,23). The highest BCUT2D eigenvalue weighted by Gasteiger charge is 2.08. The van der Waals surface area contributed by atoms with Crippen LogP contribution in [0.5, 0.6) is 0 Å². The van der Waals surface area contributed by atoms with Crippen molar-refractivity contribution in [1.82, 2.24) is 19.9 Å². The third-order valence-corrected chi connectivity index (χ3v) is 3.51. The summed E-state index contributed by atoms with van der Waals surface area (Å²) < 4.78 is 6.25. The van der Waals surface area contributed by atoms with Gasteiger partial charge < -0.3 is 9.84 Å². The molecule has 0 radical (unpaired) electrons. The van der Waals surface area contributed by atoms with Gasteiger partial charge in [0, 0.05) is 43.1 Å². The normalized spacial score (nSPS) is 10.6. The Labute approximate surface area is 143 Å². The molecule has 0 saturated heterocycles. The van der Waals surface area contributed by atoms with Crippen LogP contribution < -0.4 is 10.9 Å². The van der Waals surface area contributed by atoms with Crippen molar-refractivity contribution in [1.29, 1.82) is 0 Å². The molecule has 0 fully saturated rings. The number of hydrogen-bond acceptors (Lipinski definition) is 6. The molecule has 3 heterocycles. The van der Waals surface area contributed by atoms with Gasteiger partial charge in [-0.25, -0.2) is 4.68 Å². The average Bonchev–Trinajstić information content (AvgIpc) is 3.02. The van der Waals surface area contributed by atoms with Crippen molar-refractivity contribution in [2.45, 2.75) is 26.3 Å². The van der Waals surface area contributed by atoms with E-state index in [1.54, 1.807) is 31.5 Å². The summed E-state index contributed by atoms with van der Waals surface area (Å²) in [6, 6.07) is 8.44. The molecule has 25 heavy (non-hydrogen) atoms. The van der Waals surface area contributed by atoms with Gasteiger partial charge in [-0.15, -0.1) is 0 Å². The summed E-state index contributed by atoms with van der Waals surface area (Å²) in [4.78, 5) is 27.8. The van der Waals surface area contributed by atoms with Crippen LogP contribution >= 0.6 is 0 Å². The van der Waals surface area contributed by atoms with E-state index in [4.69, 9.17) is 4.52 Å². The van der Waals surface area contributed by atoms with E-state index in [1.807, 2.05) is 12.1 Å². The fraction of sp³-hybridized carbons (Fsp3) is 0.235. The average molecular weight is 339 g/mol. The van der Waals surface area contributed by atoms with Crippen LogP contribution in [-0.4, -0.2) is 25.8 Å². The van der Waals surface area contributed by atoms with Gasteiger partial charge in [-0.1, -0.05) is 5.16 Å². The van der Waals surface area contributed by atoms with Crippen LogP contribution in [0.15, 0.2) is 52.0 Å². The largest absolute Gasteiger partial charge is 0.360 e. The maximum absolute atomic E-state index is 11.9. The Morgan fingerprint density at radius 3 is 2.76 bits per heavy atom. The zero-order valence-corrected chi connectivity index (χ0v) is 13.7. The van der Waals surface area contributed by atoms with Gasteiger partial charge in [-0.2, -0.15) is 5.10 Å². The molecule has 1 N–H and O–H groups in total. The van der Waals surface area contributed by atoms with Gasteiger partial charge >= 0.3 is 0 Å². The van der Waals surface area contributed by atoms with Gasteiger partial charge in [0.25, 0.3) is 5.56 Å². The molecule has 0 spiro atoms. The van der Waals surface area contributed by atoms with Crippen LogP contribution in [0.2, 0.25) is 0 Å². The zero-order valence-electron chi connectivity index (χ0n) is 13.7. The Balaban J connectivity index is 1.59. The molecular formula is C17H17N5O3. The Kier molecular flexibility index (Phi) is 4.98. The van der Waals surface area contributed by atoms with Gasteiger partial charge in [0.2, 0.25) is 5.91 Å². The number of aromatic nitrogens is 4. The second-order valence-corrected chi connectivity index (χ2v) is 5.49. The SMILES string of the molecule is Cc1cc(NC(=O)CCCn2nc(-c3ccncc3)ccc2=O)no1. The molecule has 128 valence electrons. The number of aryl methyl sites for hydroxylation is 2. The summed E-state index contributed by atoms with van der Waals surface area (Å²) in [5.41, 5.74) is 1.36. The number of amides is 1. The number of carbonyl (C=O) groups is 1. The van der Waals surface area contributed by atoms with Crippen LogP contribution in [0.3, 0.4) is 0 Å². The maximum Gasteiger partial charge on any atom is 0.266 e. The van der Waals surface area contributed by atoms with E-state index in [9.17, 15) is 9.59 Å². The highest BCUT2D eigenvalue weighted by Crippen LogP contribution is 2.13. The quantitative estimate of drug-likeness (QED) is 0.737. The zero-order chi connectivity index (χ0) is 17.6. The molecule has 0 unspecified atom stereocenters. The van der Waals surface area contributed by atoms with Gasteiger partial charge in [0.1, 0.15) is 5.76 Å². The van der Waals surface area contributed by atoms with E-state index in [2.05, 4.69) is 20.6 Å². The van der Waals surface area contributed by atoms with E-state index in [1.165, 1.54) is 10.7 Å². The molecule has 8 nitrogen and oxygen atoms in total. The van der Waals surface area contributed by atoms with Crippen molar-refractivity contribution < 1.29 is 9.32 Å². The molecule has 0 aliphatic carbocycles. The molecule has 0 aliphatic rings. The lowest BCUT2D eigenvalue weighted by molar-refractivity contribution is -0.116. The van der Waals surface area contributed by atoms with Crippen molar-refractivity contribution >= 4 is 11.7 Å². The third-order valence-electron chi connectivity index (χ3n) is 3.51. The summed E-state index contributed by atoms with van der Waals surface area (Å²) >= 11 is 0. The first-order valence-corrected chi connectivity index (χ1v) is 7.83. The Bertz CT molecular complexity index is 917. The first-order chi connectivity index (χ1) is 12.1. The van der Waals surface area contributed by atoms with Crippen molar-refractivity contribution in [3.8, 4) is 11.3 Å². The molecule has 3 aromatic rings. The second-order valence-electron chi connectivity index (χ2n) is 5.49. The van der Waals surface area contributed by atoms with Gasteiger partial charge in [0.05, 0.1) is 5.69 Å². The van der Waals surface area contributed by atoms with Crippen molar-refractivity contribution in [2.24, 2.45) is 0 Å². The smallest absolute Gasteiger partial charge is 0.266 e. The Morgan fingerprint density at radius 1 is 1.24 bits per heavy atom. The van der Waals surface area contributed by atoms with Crippen molar-refractivity contribution in [2.75, 3.05) is 5.32 Å². The Hall–Kier alpha value is -3.29. The van der Waals surface area contributed by atoms with E-state index in [0.717, 1.165) is 5.56 Å². The minimum absolute atomic E-state index is 0.188. The summed E-state index contributed by atoms with van der Waals surface area (Å²) in [6.45, 7) is 2.10. The molecule has 1 amide bonds. The minimum Gasteiger partial charge on any atom is -0.360 e. The molecule has 0 saturated carbocycles. The maximum atomic E-state index is 11.9. The monoisotopic (exact) mass is 339 g/mol. The number of anilines is 1. The van der Waals surface area contributed by atoms with Gasteiger partial charge in [-0.05, 0) is 31.5 Å².